The van der Waals surface area contributed by atoms with Crippen LogP contribution >= 0.6 is 0 Å². The SMILES string of the molecule is COc1ccccc1CCC(=O)N1CCCC(c2nccn2C)C1. The van der Waals surface area contributed by atoms with Crippen molar-refractivity contribution in [3.8, 4) is 5.75 Å². The number of methoxy groups -OCH3 is 1. The number of ether oxygens (including phenoxy) is 1. The summed E-state index contributed by atoms with van der Waals surface area (Å²) in [7, 11) is 3.69. The lowest BCUT2D eigenvalue weighted by atomic mass is 9.96. The van der Waals surface area contributed by atoms with Crippen LogP contribution in [0.5, 0.6) is 5.75 Å². The molecule has 1 unspecified atom stereocenters. The fourth-order valence-electron chi connectivity index (χ4n) is 3.49. The number of nitrogens with zero attached hydrogens (tertiary/aromatic N) is 3. The summed E-state index contributed by atoms with van der Waals surface area (Å²) in [5, 5.41) is 0. The molecule has 128 valence electrons. The lowest BCUT2D eigenvalue weighted by molar-refractivity contribution is -0.132. The van der Waals surface area contributed by atoms with Crippen LogP contribution in [0.25, 0.3) is 0 Å². The molecule has 5 heteroatoms. The molecule has 2 heterocycles. The van der Waals surface area contributed by atoms with E-state index < -0.39 is 0 Å². The number of amides is 1. The minimum absolute atomic E-state index is 0.222. The quantitative estimate of drug-likeness (QED) is 0.848. The zero-order chi connectivity index (χ0) is 16.9. The number of carbonyl (C=O) groups is 1. The normalized spacial score (nSPS) is 17.8. The molecule has 1 fully saturated rings. The van der Waals surface area contributed by atoms with Gasteiger partial charge in [0, 0.05) is 44.9 Å². The Bertz CT molecular complexity index is 695. The third kappa shape index (κ3) is 3.61. The van der Waals surface area contributed by atoms with E-state index in [0.717, 1.165) is 43.1 Å². The number of piperidine rings is 1. The summed E-state index contributed by atoms with van der Waals surface area (Å²) in [4.78, 5) is 19.1. The third-order valence-electron chi connectivity index (χ3n) is 4.80. The first-order valence-corrected chi connectivity index (χ1v) is 8.56. The number of aryl methyl sites for hydroxylation is 2. The number of benzene rings is 1. The molecule has 1 aliphatic heterocycles. The van der Waals surface area contributed by atoms with Gasteiger partial charge in [-0.25, -0.2) is 4.98 Å². The number of rotatable bonds is 5. The lowest BCUT2D eigenvalue weighted by Crippen LogP contribution is -2.39. The summed E-state index contributed by atoms with van der Waals surface area (Å²) >= 11 is 0. The van der Waals surface area contributed by atoms with Crippen molar-refractivity contribution in [1.29, 1.82) is 0 Å². The molecule has 1 aromatic heterocycles. The maximum absolute atomic E-state index is 12.6. The molecule has 1 atom stereocenters. The maximum atomic E-state index is 12.6. The molecule has 0 radical (unpaired) electrons. The number of hydrogen-bond donors (Lipinski definition) is 0. The van der Waals surface area contributed by atoms with E-state index in [1.165, 1.54) is 0 Å². The van der Waals surface area contributed by atoms with Crippen molar-refractivity contribution in [2.24, 2.45) is 7.05 Å². The van der Waals surface area contributed by atoms with Gasteiger partial charge in [0.25, 0.3) is 0 Å². The van der Waals surface area contributed by atoms with Crippen molar-refractivity contribution < 1.29 is 9.53 Å². The van der Waals surface area contributed by atoms with E-state index in [4.69, 9.17) is 4.74 Å². The number of para-hydroxylation sites is 1. The molecule has 24 heavy (non-hydrogen) atoms. The summed E-state index contributed by atoms with van der Waals surface area (Å²) in [5.74, 6) is 2.50. The van der Waals surface area contributed by atoms with E-state index in [1.807, 2.05) is 48.6 Å². The summed E-state index contributed by atoms with van der Waals surface area (Å²) in [5.41, 5.74) is 1.09. The van der Waals surface area contributed by atoms with Crippen molar-refractivity contribution >= 4 is 5.91 Å². The Morgan fingerprint density at radius 1 is 1.38 bits per heavy atom. The van der Waals surface area contributed by atoms with Gasteiger partial charge >= 0.3 is 0 Å². The molecule has 1 saturated heterocycles. The van der Waals surface area contributed by atoms with Crippen molar-refractivity contribution in [3.63, 3.8) is 0 Å². The Labute approximate surface area is 143 Å². The molecule has 1 amide bonds. The largest absolute Gasteiger partial charge is 0.496 e. The molecule has 1 aromatic carbocycles. The number of hydrogen-bond acceptors (Lipinski definition) is 3. The van der Waals surface area contributed by atoms with Crippen molar-refractivity contribution in [3.05, 3.63) is 48.0 Å². The van der Waals surface area contributed by atoms with Gasteiger partial charge in [0.15, 0.2) is 0 Å². The molecule has 0 bridgehead atoms. The van der Waals surface area contributed by atoms with Crippen LogP contribution in [-0.4, -0.2) is 40.6 Å². The van der Waals surface area contributed by atoms with Crippen LogP contribution in [-0.2, 0) is 18.3 Å². The molecule has 0 N–H and O–H groups in total. The monoisotopic (exact) mass is 327 g/mol. The fourth-order valence-corrected chi connectivity index (χ4v) is 3.49. The Hall–Kier alpha value is -2.30. The van der Waals surface area contributed by atoms with E-state index in [0.29, 0.717) is 18.8 Å². The molecular formula is C19H25N3O2. The summed E-state index contributed by atoms with van der Waals surface area (Å²) in [6.07, 6.45) is 7.18. The zero-order valence-electron chi connectivity index (χ0n) is 14.4. The molecule has 1 aliphatic rings. The Balaban J connectivity index is 1.59. The smallest absolute Gasteiger partial charge is 0.222 e. The second-order valence-corrected chi connectivity index (χ2v) is 6.39. The van der Waals surface area contributed by atoms with Crippen LogP contribution in [0.2, 0.25) is 0 Å². The summed E-state index contributed by atoms with van der Waals surface area (Å²) in [6.45, 7) is 1.63. The standard InChI is InChI=1S/C19H25N3O2/c1-21-13-11-20-19(21)16-7-5-12-22(14-16)18(23)10-9-15-6-3-4-8-17(15)24-2/h3-4,6,8,11,13,16H,5,7,9-10,12,14H2,1-2H3. The minimum Gasteiger partial charge on any atom is -0.496 e. The van der Waals surface area contributed by atoms with Crippen LogP contribution in [0.15, 0.2) is 36.7 Å². The first kappa shape index (κ1) is 16.6. The zero-order valence-corrected chi connectivity index (χ0v) is 14.4. The van der Waals surface area contributed by atoms with Crippen molar-refractivity contribution in [2.45, 2.75) is 31.6 Å². The van der Waals surface area contributed by atoms with E-state index in [2.05, 4.69) is 9.55 Å². The van der Waals surface area contributed by atoms with Gasteiger partial charge < -0.3 is 14.2 Å². The second kappa shape index (κ2) is 7.51. The molecular weight excluding hydrogens is 302 g/mol. The highest BCUT2D eigenvalue weighted by Crippen LogP contribution is 2.26. The van der Waals surface area contributed by atoms with Gasteiger partial charge in [-0.05, 0) is 30.9 Å². The minimum atomic E-state index is 0.222. The second-order valence-electron chi connectivity index (χ2n) is 6.39. The average Bonchev–Trinajstić information content (AvgIpc) is 3.06. The van der Waals surface area contributed by atoms with Crippen LogP contribution in [0.1, 0.15) is 36.6 Å². The highest BCUT2D eigenvalue weighted by Gasteiger charge is 2.26. The average molecular weight is 327 g/mol. The van der Waals surface area contributed by atoms with Crippen LogP contribution in [0.3, 0.4) is 0 Å². The predicted molar refractivity (Wildman–Crippen MR) is 93.1 cm³/mol. The highest BCUT2D eigenvalue weighted by molar-refractivity contribution is 5.76. The van der Waals surface area contributed by atoms with E-state index in [-0.39, 0.29) is 5.91 Å². The Morgan fingerprint density at radius 2 is 2.21 bits per heavy atom. The van der Waals surface area contributed by atoms with E-state index in [1.54, 1.807) is 7.11 Å². The van der Waals surface area contributed by atoms with Gasteiger partial charge in [-0.3, -0.25) is 4.79 Å². The molecule has 5 nitrogen and oxygen atoms in total. The molecule has 3 rings (SSSR count). The van der Waals surface area contributed by atoms with Gasteiger partial charge in [0.1, 0.15) is 11.6 Å². The number of likely N-dealkylation sites (tertiary alicyclic amines) is 1. The fraction of sp³-hybridized carbons (Fsp3) is 0.474. The van der Waals surface area contributed by atoms with Crippen molar-refractivity contribution in [1.82, 2.24) is 14.5 Å². The Morgan fingerprint density at radius 3 is 2.96 bits per heavy atom. The molecule has 0 saturated carbocycles. The lowest BCUT2D eigenvalue weighted by Gasteiger charge is -2.32. The number of carbonyl (C=O) groups excluding carboxylic acids is 1. The molecule has 0 aliphatic carbocycles. The summed E-state index contributed by atoms with van der Waals surface area (Å²) in [6, 6.07) is 7.91. The van der Waals surface area contributed by atoms with Crippen molar-refractivity contribution in [2.75, 3.05) is 20.2 Å². The summed E-state index contributed by atoms with van der Waals surface area (Å²) < 4.78 is 7.43. The number of imidazole rings is 1. The molecule has 2 aromatic rings. The van der Waals surface area contributed by atoms with Gasteiger partial charge in [-0.2, -0.15) is 0 Å². The van der Waals surface area contributed by atoms with Gasteiger partial charge in [0.2, 0.25) is 5.91 Å². The van der Waals surface area contributed by atoms with E-state index in [9.17, 15) is 4.79 Å². The first-order chi connectivity index (χ1) is 11.7. The maximum Gasteiger partial charge on any atom is 0.222 e. The predicted octanol–water partition coefficient (Wildman–Crippen LogP) is 2.77. The first-order valence-electron chi connectivity index (χ1n) is 8.56. The van der Waals surface area contributed by atoms with Gasteiger partial charge in [-0.15, -0.1) is 0 Å². The molecule has 0 spiro atoms. The Kier molecular flexibility index (Phi) is 5.18. The van der Waals surface area contributed by atoms with Crippen LogP contribution in [0, 0.1) is 0 Å². The van der Waals surface area contributed by atoms with Gasteiger partial charge in [-0.1, -0.05) is 18.2 Å². The van der Waals surface area contributed by atoms with Gasteiger partial charge in [0.05, 0.1) is 7.11 Å². The van der Waals surface area contributed by atoms with E-state index >= 15 is 0 Å². The van der Waals surface area contributed by atoms with Crippen LogP contribution < -0.4 is 4.74 Å². The third-order valence-corrected chi connectivity index (χ3v) is 4.80. The number of aromatic nitrogens is 2. The topological polar surface area (TPSA) is 47.4 Å². The highest BCUT2D eigenvalue weighted by atomic mass is 16.5. The van der Waals surface area contributed by atoms with Crippen LogP contribution in [0.4, 0.5) is 0 Å².